The second-order valence-electron chi connectivity index (χ2n) is 6.15. The molecule has 1 heterocycles. The average molecular weight is 329 g/mol. The lowest BCUT2D eigenvalue weighted by Crippen LogP contribution is -2.50. The molecule has 2 unspecified atom stereocenters. The molecule has 0 aromatic heterocycles. The van der Waals surface area contributed by atoms with E-state index < -0.39 is 0 Å². The molecule has 0 saturated carbocycles. The van der Waals surface area contributed by atoms with Gasteiger partial charge in [-0.3, -0.25) is 4.79 Å². The molecule has 1 aliphatic heterocycles. The van der Waals surface area contributed by atoms with E-state index in [0.29, 0.717) is 0 Å². The van der Waals surface area contributed by atoms with Crippen molar-refractivity contribution in [3.05, 3.63) is 70.2 Å². The average Bonchev–Trinajstić information content (AvgIpc) is 2.56. The Bertz CT molecular complexity index is 684. The highest BCUT2D eigenvalue weighted by molar-refractivity contribution is 6.30. The molecule has 0 bridgehead atoms. The van der Waals surface area contributed by atoms with Crippen molar-refractivity contribution in [2.24, 2.45) is 0 Å². The zero-order chi connectivity index (χ0) is 16.2. The predicted octanol–water partition coefficient (Wildman–Crippen LogP) is 3.10. The van der Waals surface area contributed by atoms with Crippen LogP contribution < -0.4 is 10.6 Å². The van der Waals surface area contributed by atoms with E-state index >= 15 is 0 Å². The molecule has 2 atom stereocenters. The maximum absolute atomic E-state index is 12.5. The van der Waals surface area contributed by atoms with Crippen LogP contribution in [-0.4, -0.2) is 18.0 Å². The minimum atomic E-state index is -0.155. The third-order valence-electron chi connectivity index (χ3n) is 4.24. The van der Waals surface area contributed by atoms with E-state index in [1.165, 1.54) is 16.7 Å². The first-order chi connectivity index (χ1) is 11.1. The lowest BCUT2D eigenvalue weighted by Gasteiger charge is -2.26. The van der Waals surface area contributed by atoms with Gasteiger partial charge in [-0.05, 0) is 48.6 Å². The van der Waals surface area contributed by atoms with Gasteiger partial charge in [0.05, 0.1) is 6.04 Å². The Balaban J connectivity index is 1.56. The minimum absolute atomic E-state index is 0.0703. The fraction of sp³-hybridized carbons (Fsp3) is 0.316. The van der Waals surface area contributed by atoms with E-state index in [1.54, 1.807) is 0 Å². The van der Waals surface area contributed by atoms with Crippen molar-refractivity contribution in [1.29, 1.82) is 0 Å². The summed E-state index contributed by atoms with van der Waals surface area (Å²) in [4.78, 5) is 12.5. The zero-order valence-electron chi connectivity index (χ0n) is 13.2. The second-order valence-corrected chi connectivity index (χ2v) is 6.58. The van der Waals surface area contributed by atoms with Crippen LogP contribution in [0, 0.1) is 0 Å². The Morgan fingerprint density at radius 1 is 1.22 bits per heavy atom. The topological polar surface area (TPSA) is 41.1 Å². The standard InChI is InChI=1S/C19H21ClN2O/c1-13(10-14-6-8-17(20)9-7-14)22-19(23)18-11-15-4-2-3-5-16(15)12-21-18/h2-9,13,18,21H,10-12H2,1H3,(H,22,23). The molecule has 3 nitrogen and oxygen atoms in total. The Labute approximate surface area is 142 Å². The number of rotatable bonds is 4. The van der Waals surface area contributed by atoms with E-state index in [2.05, 4.69) is 22.8 Å². The molecule has 3 rings (SSSR count). The van der Waals surface area contributed by atoms with Crippen molar-refractivity contribution < 1.29 is 4.79 Å². The van der Waals surface area contributed by atoms with Crippen molar-refractivity contribution in [1.82, 2.24) is 10.6 Å². The van der Waals surface area contributed by atoms with Crippen LogP contribution in [-0.2, 0) is 24.2 Å². The number of carbonyl (C=O) groups excluding carboxylic acids is 1. The maximum Gasteiger partial charge on any atom is 0.237 e. The van der Waals surface area contributed by atoms with E-state index in [4.69, 9.17) is 11.6 Å². The molecule has 2 aromatic rings. The number of nitrogens with one attached hydrogen (secondary N) is 2. The first kappa shape index (κ1) is 16.0. The molecule has 0 saturated heterocycles. The summed E-state index contributed by atoms with van der Waals surface area (Å²) in [6.07, 6.45) is 1.54. The molecular formula is C19H21ClN2O. The summed E-state index contributed by atoms with van der Waals surface area (Å²) in [5.74, 6) is 0.0703. The molecule has 1 amide bonds. The van der Waals surface area contributed by atoms with Gasteiger partial charge in [0, 0.05) is 17.6 Å². The zero-order valence-corrected chi connectivity index (χ0v) is 13.9. The van der Waals surface area contributed by atoms with Crippen molar-refractivity contribution in [3.63, 3.8) is 0 Å². The Hall–Kier alpha value is -1.84. The molecule has 0 fully saturated rings. The third-order valence-corrected chi connectivity index (χ3v) is 4.49. The van der Waals surface area contributed by atoms with Crippen molar-refractivity contribution >= 4 is 17.5 Å². The van der Waals surface area contributed by atoms with Crippen LogP contribution in [0.25, 0.3) is 0 Å². The lowest BCUT2D eigenvalue weighted by atomic mass is 9.95. The molecule has 23 heavy (non-hydrogen) atoms. The van der Waals surface area contributed by atoms with Crippen molar-refractivity contribution in [3.8, 4) is 0 Å². The number of halogens is 1. The quantitative estimate of drug-likeness (QED) is 0.905. The molecule has 2 N–H and O–H groups in total. The summed E-state index contributed by atoms with van der Waals surface area (Å²) < 4.78 is 0. The predicted molar refractivity (Wildman–Crippen MR) is 93.5 cm³/mol. The van der Waals surface area contributed by atoms with Gasteiger partial charge in [-0.25, -0.2) is 0 Å². The van der Waals surface area contributed by atoms with Gasteiger partial charge in [0.1, 0.15) is 0 Å². The van der Waals surface area contributed by atoms with Crippen molar-refractivity contribution in [2.45, 2.75) is 38.4 Å². The molecule has 0 spiro atoms. The first-order valence-electron chi connectivity index (χ1n) is 7.97. The van der Waals surface area contributed by atoms with Gasteiger partial charge in [0.25, 0.3) is 0 Å². The highest BCUT2D eigenvalue weighted by Crippen LogP contribution is 2.16. The third kappa shape index (κ3) is 4.12. The Morgan fingerprint density at radius 2 is 1.91 bits per heavy atom. The van der Waals surface area contributed by atoms with E-state index in [-0.39, 0.29) is 18.0 Å². The monoisotopic (exact) mass is 328 g/mol. The Morgan fingerprint density at radius 3 is 2.65 bits per heavy atom. The maximum atomic E-state index is 12.5. The van der Waals surface area contributed by atoms with Gasteiger partial charge in [0.15, 0.2) is 0 Å². The largest absolute Gasteiger partial charge is 0.352 e. The number of hydrogen-bond acceptors (Lipinski definition) is 2. The van der Waals surface area contributed by atoms with Crippen LogP contribution in [0.5, 0.6) is 0 Å². The molecule has 120 valence electrons. The summed E-state index contributed by atoms with van der Waals surface area (Å²) in [5, 5.41) is 7.16. The highest BCUT2D eigenvalue weighted by Gasteiger charge is 2.24. The van der Waals surface area contributed by atoms with Gasteiger partial charge in [-0.2, -0.15) is 0 Å². The first-order valence-corrected chi connectivity index (χ1v) is 8.34. The number of fused-ring (bicyclic) bond motifs is 1. The SMILES string of the molecule is CC(Cc1ccc(Cl)cc1)NC(=O)C1Cc2ccccc2CN1. The van der Waals surface area contributed by atoms with Crippen LogP contribution >= 0.6 is 11.6 Å². The normalized spacial score (nSPS) is 18.1. The second kappa shape index (κ2) is 7.16. The fourth-order valence-electron chi connectivity index (χ4n) is 3.01. The molecule has 4 heteroatoms. The smallest absolute Gasteiger partial charge is 0.237 e. The fourth-order valence-corrected chi connectivity index (χ4v) is 3.13. The summed E-state index contributed by atoms with van der Waals surface area (Å²) in [6, 6.07) is 16.0. The number of benzene rings is 2. The molecule has 0 aliphatic carbocycles. The molecule has 0 radical (unpaired) electrons. The van der Waals surface area contributed by atoms with Crippen LogP contribution in [0.4, 0.5) is 0 Å². The summed E-state index contributed by atoms with van der Waals surface area (Å²) in [7, 11) is 0. The van der Waals surface area contributed by atoms with Gasteiger partial charge in [-0.15, -0.1) is 0 Å². The molecular weight excluding hydrogens is 308 g/mol. The minimum Gasteiger partial charge on any atom is -0.352 e. The van der Waals surface area contributed by atoms with E-state index in [1.807, 2.05) is 43.3 Å². The van der Waals surface area contributed by atoms with E-state index in [0.717, 1.165) is 24.4 Å². The van der Waals surface area contributed by atoms with Crippen molar-refractivity contribution in [2.75, 3.05) is 0 Å². The number of hydrogen-bond donors (Lipinski definition) is 2. The van der Waals surface area contributed by atoms with Crippen LogP contribution in [0.2, 0.25) is 5.02 Å². The van der Waals surface area contributed by atoms with Crippen LogP contribution in [0.15, 0.2) is 48.5 Å². The van der Waals surface area contributed by atoms with Crippen LogP contribution in [0.1, 0.15) is 23.6 Å². The van der Waals surface area contributed by atoms with Crippen LogP contribution in [0.3, 0.4) is 0 Å². The summed E-state index contributed by atoms with van der Waals surface area (Å²) >= 11 is 5.90. The lowest BCUT2D eigenvalue weighted by molar-refractivity contribution is -0.123. The van der Waals surface area contributed by atoms with Gasteiger partial charge < -0.3 is 10.6 Å². The van der Waals surface area contributed by atoms with Gasteiger partial charge in [-0.1, -0.05) is 48.0 Å². The van der Waals surface area contributed by atoms with Gasteiger partial charge in [0.2, 0.25) is 5.91 Å². The van der Waals surface area contributed by atoms with Gasteiger partial charge >= 0.3 is 0 Å². The molecule has 1 aliphatic rings. The number of amides is 1. The summed E-state index contributed by atoms with van der Waals surface area (Å²) in [5.41, 5.74) is 3.71. The number of carbonyl (C=O) groups is 1. The summed E-state index contributed by atoms with van der Waals surface area (Å²) in [6.45, 7) is 2.78. The highest BCUT2D eigenvalue weighted by atomic mass is 35.5. The molecule has 2 aromatic carbocycles. The Kier molecular flexibility index (Phi) is 4.99. The van der Waals surface area contributed by atoms with E-state index in [9.17, 15) is 4.79 Å².